The largest absolute Gasteiger partial charge is 0.322 e. The average Bonchev–Trinajstić information content (AvgIpc) is 3.42. The van der Waals surface area contributed by atoms with Crippen molar-refractivity contribution in [3.05, 3.63) is 69.1 Å². The molecule has 11 heteroatoms. The van der Waals surface area contributed by atoms with E-state index in [2.05, 4.69) is 20.8 Å². The molecule has 2 aromatic carbocycles. The first-order chi connectivity index (χ1) is 14.9. The van der Waals surface area contributed by atoms with Crippen LogP contribution in [-0.4, -0.2) is 33.6 Å². The predicted molar refractivity (Wildman–Crippen MR) is 113 cm³/mol. The zero-order valence-electron chi connectivity index (χ0n) is 15.9. The Bertz CT molecular complexity index is 1130. The van der Waals surface area contributed by atoms with Crippen LogP contribution in [0, 0.1) is 11.6 Å². The summed E-state index contributed by atoms with van der Waals surface area (Å²) in [6, 6.07) is 8.60. The maximum absolute atomic E-state index is 13.3. The summed E-state index contributed by atoms with van der Waals surface area (Å²) in [4.78, 5) is 26.7. The number of rotatable bonds is 4. The minimum absolute atomic E-state index is 0.0864. The van der Waals surface area contributed by atoms with Gasteiger partial charge in [0, 0.05) is 17.9 Å². The monoisotopic (exact) mass is 463 g/mol. The van der Waals surface area contributed by atoms with Gasteiger partial charge in [0.05, 0.1) is 11.1 Å². The Morgan fingerprint density at radius 1 is 1.06 bits per heavy atom. The average molecular weight is 464 g/mol. The summed E-state index contributed by atoms with van der Waals surface area (Å²) in [5.74, 6) is -1.44. The van der Waals surface area contributed by atoms with Crippen LogP contribution in [-0.2, 0) is 0 Å². The fraction of sp³-hybridized carbons (Fsp3) is 0.200. The Hall–Kier alpha value is -3.11. The number of likely N-dealkylation sites (tertiary alicyclic amines) is 1. The van der Waals surface area contributed by atoms with E-state index in [0.29, 0.717) is 29.3 Å². The highest BCUT2D eigenvalue weighted by molar-refractivity contribution is 7.13. The normalized spacial score (nSPS) is 15.7. The van der Waals surface area contributed by atoms with Gasteiger partial charge >= 0.3 is 6.03 Å². The lowest BCUT2D eigenvalue weighted by Gasteiger charge is -2.23. The SMILES string of the molecule is O=C(Nc1ccc(F)cc1)c1nnc(C2CCCN2C(=O)Nc2ccc(F)c(Cl)c2)s1. The van der Waals surface area contributed by atoms with Crippen molar-refractivity contribution in [3.63, 3.8) is 0 Å². The van der Waals surface area contributed by atoms with Crippen LogP contribution in [0.25, 0.3) is 0 Å². The molecule has 160 valence electrons. The molecular weight excluding hydrogens is 448 g/mol. The third-order valence-corrected chi connectivity index (χ3v) is 6.02. The van der Waals surface area contributed by atoms with Crippen LogP contribution in [0.2, 0.25) is 5.02 Å². The van der Waals surface area contributed by atoms with Gasteiger partial charge in [-0.05, 0) is 55.3 Å². The molecule has 0 spiro atoms. The van der Waals surface area contributed by atoms with E-state index >= 15 is 0 Å². The summed E-state index contributed by atoms with van der Waals surface area (Å²) in [5.41, 5.74) is 0.807. The second-order valence-electron chi connectivity index (χ2n) is 6.82. The fourth-order valence-corrected chi connectivity index (χ4v) is 4.28. The molecule has 3 amide bonds. The van der Waals surface area contributed by atoms with Gasteiger partial charge in [0.1, 0.15) is 16.6 Å². The molecule has 7 nitrogen and oxygen atoms in total. The molecular formula is C20H16ClF2N5O2S. The number of carbonyl (C=O) groups excluding carboxylic acids is 2. The Morgan fingerprint density at radius 3 is 2.55 bits per heavy atom. The van der Waals surface area contributed by atoms with Crippen molar-refractivity contribution in [2.24, 2.45) is 0 Å². The van der Waals surface area contributed by atoms with Crippen molar-refractivity contribution in [2.75, 3.05) is 17.2 Å². The first-order valence-corrected chi connectivity index (χ1v) is 10.5. The molecule has 0 saturated carbocycles. The summed E-state index contributed by atoms with van der Waals surface area (Å²) in [6.07, 6.45) is 1.44. The van der Waals surface area contributed by atoms with E-state index in [1.54, 1.807) is 4.90 Å². The molecule has 1 aromatic heterocycles. The van der Waals surface area contributed by atoms with E-state index in [-0.39, 0.29) is 22.1 Å². The molecule has 1 atom stereocenters. The second kappa shape index (κ2) is 8.94. The fourth-order valence-electron chi connectivity index (χ4n) is 3.21. The van der Waals surface area contributed by atoms with Gasteiger partial charge in [0.2, 0.25) is 5.01 Å². The Balaban J connectivity index is 1.44. The van der Waals surface area contributed by atoms with Gasteiger partial charge in [-0.1, -0.05) is 22.9 Å². The first-order valence-electron chi connectivity index (χ1n) is 9.34. The molecule has 1 fully saturated rings. The third-order valence-electron chi connectivity index (χ3n) is 4.71. The highest BCUT2D eigenvalue weighted by Gasteiger charge is 2.33. The topological polar surface area (TPSA) is 87.2 Å². The van der Waals surface area contributed by atoms with E-state index in [1.807, 2.05) is 0 Å². The Labute approximate surface area is 185 Å². The van der Waals surface area contributed by atoms with Crippen LogP contribution in [0.15, 0.2) is 42.5 Å². The molecule has 2 heterocycles. The van der Waals surface area contributed by atoms with Crippen LogP contribution in [0.3, 0.4) is 0 Å². The zero-order chi connectivity index (χ0) is 22.0. The molecule has 31 heavy (non-hydrogen) atoms. The zero-order valence-corrected chi connectivity index (χ0v) is 17.5. The maximum atomic E-state index is 13.3. The van der Waals surface area contributed by atoms with Gasteiger partial charge in [-0.2, -0.15) is 0 Å². The van der Waals surface area contributed by atoms with Gasteiger partial charge in [-0.25, -0.2) is 13.6 Å². The van der Waals surface area contributed by atoms with Crippen molar-refractivity contribution in [2.45, 2.75) is 18.9 Å². The van der Waals surface area contributed by atoms with E-state index in [0.717, 1.165) is 17.8 Å². The summed E-state index contributed by atoms with van der Waals surface area (Å²) >= 11 is 6.86. The lowest BCUT2D eigenvalue weighted by atomic mass is 10.2. The molecule has 1 aliphatic heterocycles. The minimum Gasteiger partial charge on any atom is -0.320 e. The summed E-state index contributed by atoms with van der Waals surface area (Å²) in [5, 5.41) is 14.0. The van der Waals surface area contributed by atoms with Crippen LogP contribution in [0.4, 0.5) is 25.0 Å². The minimum atomic E-state index is -0.570. The van der Waals surface area contributed by atoms with Crippen LogP contribution in [0.1, 0.15) is 33.7 Å². The maximum Gasteiger partial charge on any atom is 0.322 e. The van der Waals surface area contributed by atoms with Gasteiger partial charge < -0.3 is 15.5 Å². The van der Waals surface area contributed by atoms with Gasteiger partial charge in [0.15, 0.2) is 0 Å². The predicted octanol–water partition coefficient (Wildman–Crippen LogP) is 5.09. The summed E-state index contributed by atoms with van der Waals surface area (Å²) < 4.78 is 26.3. The third kappa shape index (κ3) is 4.80. The lowest BCUT2D eigenvalue weighted by Crippen LogP contribution is -2.34. The van der Waals surface area contributed by atoms with Crippen molar-refractivity contribution in [1.82, 2.24) is 15.1 Å². The quantitative estimate of drug-likeness (QED) is 0.564. The highest BCUT2D eigenvalue weighted by Crippen LogP contribution is 2.34. The molecule has 1 aliphatic rings. The van der Waals surface area contributed by atoms with E-state index in [9.17, 15) is 18.4 Å². The molecule has 0 aliphatic carbocycles. The number of amides is 3. The molecule has 0 bridgehead atoms. The number of hydrogen-bond donors (Lipinski definition) is 2. The summed E-state index contributed by atoms with van der Waals surface area (Å²) in [7, 11) is 0. The second-order valence-corrected chi connectivity index (χ2v) is 8.23. The van der Waals surface area contributed by atoms with E-state index in [4.69, 9.17) is 11.6 Å². The van der Waals surface area contributed by atoms with Gasteiger partial charge in [-0.15, -0.1) is 10.2 Å². The number of aromatic nitrogens is 2. The van der Waals surface area contributed by atoms with Crippen molar-refractivity contribution >= 4 is 46.3 Å². The van der Waals surface area contributed by atoms with E-state index < -0.39 is 17.5 Å². The number of benzene rings is 2. The van der Waals surface area contributed by atoms with Crippen molar-refractivity contribution in [1.29, 1.82) is 0 Å². The van der Waals surface area contributed by atoms with E-state index in [1.165, 1.54) is 42.5 Å². The van der Waals surface area contributed by atoms with Crippen molar-refractivity contribution < 1.29 is 18.4 Å². The lowest BCUT2D eigenvalue weighted by molar-refractivity contribution is 0.102. The van der Waals surface area contributed by atoms with Gasteiger partial charge in [-0.3, -0.25) is 4.79 Å². The first kappa shape index (κ1) is 21.1. The Morgan fingerprint density at radius 2 is 1.81 bits per heavy atom. The smallest absolute Gasteiger partial charge is 0.320 e. The molecule has 0 radical (unpaired) electrons. The number of halogens is 3. The number of carbonyl (C=O) groups is 2. The Kier molecular flexibility index (Phi) is 6.10. The molecule has 1 unspecified atom stereocenters. The number of urea groups is 1. The highest BCUT2D eigenvalue weighted by atomic mass is 35.5. The van der Waals surface area contributed by atoms with Crippen LogP contribution in [0.5, 0.6) is 0 Å². The van der Waals surface area contributed by atoms with Crippen LogP contribution < -0.4 is 10.6 Å². The number of nitrogens with one attached hydrogen (secondary N) is 2. The van der Waals surface area contributed by atoms with Gasteiger partial charge in [0.25, 0.3) is 5.91 Å². The number of anilines is 2. The summed E-state index contributed by atoms with van der Waals surface area (Å²) in [6.45, 7) is 0.502. The molecule has 4 rings (SSSR count). The van der Waals surface area contributed by atoms with Crippen LogP contribution >= 0.6 is 22.9 Å². The molecule has 2 N–H and O–H groups in total. The number of nitrogens with zero attached hydrogens (tertiary/aromatic N) is 3. The number of hydrogen-bond acceptors (Lipinski definition) is 5. The molecule has 3 aromatic rings. The van der Waals surface area contributed by atoms with Crippen molar-refractivity contribution in [3.8, 4) is 0 Å². The molecule has 1 saturated heterocycles. The standard InChI is InChI=1S/C20H16ClF2N5O2S/c21-14-10-13(7-8-15(14)23)25-20(30)28-9-1-2-16(28)18-26-27-19(31-18)17(29)24-12-5-3-11(22)4-6-12/h3-8,10,16H,1-2,9H2,(H,24,29)(H,25,30).